The fourth-order valence-electron chi connectivity index (χ4n) is 1.41. The standard InChI is InChI=1S/C10H14F2N2O/c1-4-5-7-6-8(9(11)12)14(3)10(15)13(7)2/h5-6,9H,4H2,1-3H3/b7-5+. The molecule has 15 heavy (non-hydrogen) atoms. The summed E-state index contributed by atoms with van der Waals surface area (Å²) in [6, 6.07) is -0.437. The second-order valence-electron chi connectivity index (χ2n) is 3.31. The average molecular weight is 216 g/mol. The summed E-state index contributed by atoms with van der Waals surface area (Å²) < 4.78 is 25.2. The molecule has 0 saturated carbocycles. The quantitative estimate of drug-likeness (QED) is 0.695. The molecule has 1 aliphatic heterocycles. The zero-order valence-corrected chi connectivity index (χ0v) is 9.00. The van der Waals surface area contributed by atoms with Gasteiger partial charge in [0.15, 0.2) is 0 Å². The van der Waals surface area contributed by atoms with Crippen molar-refractivity contribution in [1.29, 1.82) is 0 Å². The molecule has 0 bridgehead atoms. The molecule has 0 aliphatic carbocycles. The molecule has 1 aliphatic rings. The lowest BCUT2D eigenvalue weighted by atomic mass is 10.2. The maximum absolute atomic E-state index is 12.6. The van der Waals surface area contributed by atoms with Crippen LogP contribution in [0.5, 0.6) is 0 Å². The number of rotatable bonds is 2. The number of carbonyl (C=O) groups is 1. The van der Waals surface area contributed by atoms with Gasteiger partial charge >= 0.3 is 6.03 Å². The highest BCUT2D eigenvalue weighted by Gasteiger charge is 2.29. The molecule has 0 spiro atoms. The number of nitrogens with zero attached hydrogens (tertiary/aromatic N) is 2. The second-order valence-corrected chi connectivity index (χ2v) is 3.31. The summed E-state index contributed by atoms with van der Waals surface area (Å²) in [4.78, 5) is 13.9. The first-order chi connectivity index (χ1) is 6.99. The number of allylic oxidation sites excluding steroid dienone is 3. The van der Waals surface area contributed by atoms with Gasteiger partial charge in [-0.3, -0.25) is 9.80 Å². The van der Waals surface area contributed by atoms with Crippen molar-refractivity contribution in [3.63, 3.8) is 0 Å². The van der Waals surface area contributed by atoms with E-state index in [1.165, 1.54) is 18.0 Å². The molecule has 0 saturated heterocycles. The zero-order valence-electron chi connectivity index (χ0n) is 9.00. The maximum atomic E-state index is 12.6. The number of hydrogen-bond donors (Lipinski definition) is 0. The highest BCUT2D eigenvalue weighted by atomic mass is 19.3. The largest absolute Gasteiger partial charge is 0.328 e. The lowest BCUT2D eigenvalue weighted by Crippen LogP contribution is -2.42. The molecule has 0 aromatic heterocycles. The lowest BCUT2D eigenvalue weighted by molar-refractivity contribution is 0.135. The van der Waals surface area contributed by atoms with Gasteiger partial charge in [-0.2, -0.15) is 0 Å². The summed E-state index contributed by atoms with van der Waals surface area (Å²) in [5.74, 6) is 0. The number of hydrogen-bond acceptors (Lipinski definition) is 1. The van der Waals surface area contributed by atoms with Crippen LogP contribution in [0, 0.1) is 0 Å². The van der Waals surface area contributed by atoms with E-state index in [1.807, 2.05) is 6.92 Å². The number of alkyl halides is 2. The Kier molecular flexibility index (Phi) is 3.44. The molecule has 2 amide bonds. The first-order valence-electron chi connectivity index (χ1n) is 4.70. The Morgan fingerprint density at radius 3 is 2.47 bits per heavy atom. The van der Waals surface area contributed by atoms with Crippen LogP contribution in [0.4, 0.5) is 13.6 Å². The van der Waals surface area contributed by atoms with E-state index in [9.17, 15) is 13.6 Å². The van der Waals surface area contributed by atoms with Crippen LogP contribution in [0.15, 0.2) is 23.5 Å². The minimum Gasteiger partial charge on any atom is -0.297 e. The summed E-state index contributed by atoms with van der Waals surface area (Å²) in [5, 5.41) is 0. The van der Waals surface area contributed by atoms with E-state index in [-0.39, 0.29) is 5.70 Å². The molecular weight excluding hydrogens is 202 g/mol. The van der Waals surface area contributed by atoms with E-state index >= 15 is 0 Å². The summed E-state index contributed by atoms with van der Waals surface area (Å²) in [6.45, 7) is 1.89. The molecule has 3 nitrogen and oxygen atoms in total. The van der Waals surface area contributed by atoms with E-state index in [2.05, 4.69) is 0 Å². The minimum atomic E-state index is -2.63. The fourth-order valence-corrected chi connectivity index (χ4v) is 1.41. The smallest absolute Gasteiger partial charge is 0.297 e. The Labute approximate surface area is 87.7 Å². The molecular formula is C10H14F2N2O. The number of likely N-dealkylation sites (N-methyl/N-ethyl adjacent to an activating group) is 1. The van der Waals surface area contributed by atoms with Gasteiger partial charge in [0.1, 0.15) is 0 Å². The Morgan fingerprint density at radius 1 is 1.40 bits per heavy atom. The van der Waals surface area contributed by atoms with E-state index in [1.54, 1.807) is 13.1 Å². The fraction of sp³-hybridized carbons (Fsp3) is 0.500. The van der Waals surface area contributed by atoms with Gasteiger partial charge in [-0.05, 0) is 12.5 Å². The first kappa shape index (κ1) is 11.7. The van der Waals surface area contributed by atoms with E-state index in [0.717, 1.165) is 4.90 Å². The Hall–Kier alpha value is -1.39. The van der Waals surface area contributed by atoms with Crippen LogP contribution in [-0.4, -0.2) is 36.4 Å². The van der Waals surface area contributed by atoms with Crippen molar-refractivity contribution in [1.82, 2.24) is 9.80 Å². The van der Waals surface area contributed by atoms with E-state index in [4.69, 9.17) is 0 Å². The molecule has 1 heterocycles. The molecule has 0 N–H and O–H groups in total. The zero-order chi connectivity index (χ0) is 11.6. The van der Waals surface area contributed by atoms with Gasteiger partial charge in [-0.25, -0.2) is 13.6 Å². The van der Waals surface area contributed by atoms with Crippen LogP contribution >= 0.6 is 0 Å². The van der Waals surface area contributed by atoms with E-state index < -0.39 is 12.5 Å². The summed E-state index contributed by atoms with van der Waals surface area (Å²) in [6.07, 6.45) is 1.15. The van der Waals surface area contributed by atoms with Crippen molar-refractivity contribution >= 4 is 6.03 Å². The van der Waals surface area contributed by atoms with Crippen LogP contribution in [0.25, 0.3) is 0 Å². The number of amides is 2. The third-order valence-electron chi connectivity index (χ3n) is 2.28. The summed E-state index contributed by atoms with van der Waals surface area (Å²) in [7, 11) is 2.92. The van der Waals surface area contributed by atoms with Crippen molar-refractivity contribution in [2.75, 3.05) is 14.1 Å². The van der Waals surface area contributed by atoms with Crippen LogP contribution < -0.4 is 0 Å². The topological polar surface area (TPSA) is 23.6 Å². The van der Waals surface area contributed by atoms with Crippen molar-refractivity contribution < 1.29 is 13.6 Å². The summed E-state index contributed by atoms with van der Waals surface area (Å²) in [5.41, 5.74) is 0.272. The molecule has 1 rings (SSSR count). The third kappa shape index (κ3) is 2.16. The molecule has 0 aromatic carbocycles. The monoisotopic (exact) mass is 216 g/mol. The van der Waals surface area contributed by atoms with Crippen LogP contribution in [0.2, 0.25) is 0 Å². The molecule has 0 atom stereocenters. The summed E-state index contributed by atoms with van der Waals surface area (Å²) >= 11 is 0. The van der Waals surface area contributed by atoms with Gasteiger partial charge < -0.3 is 0 Å². The van der Waals surface area contributed by atoms with Crippen molar-refractivity contribution in [3.05, 3.63) is 23.5 Å². The van der Waals surface area contributed by atoms with Crippen LogP contribution in [0.1, 0.15) is 13.3 Å². The number of urea groups is 1. The number of carbonyl (C=O) groups excluding carboxylic acids is 1. The lowest BCUT2D eigenvalue weighted by Gasteiger charge is -2.32. The molecule has 0 fully saturated rings. The minimum absolute atomic E-state index is 0.252. The first-order valence-corrected chi connectivity index (χ1v) is 4.70. The average Bonchev–Trinajstić information content (AvgIpc) is 2.18. The normalized spacial score (nSPS) is 20.3. The van der Waals surface area contributed by atoms with Gasteiger partial charge in [-0.1, -0.05) is 13.0 Å². The van der Waals surface area contributed by atoms with Gasteiger partial charge in [0.2, 0.25) is 0 Å². The Balaban J connectivity index is 3.12. The Morgan fingerprint density at radius 2 is 2.00 bits per heavy atom. The van der Waals surface area contributed by atoms with Crippen LogP contribution in [-0.2, 0) is 0 Å². The van der Waals surface area contributed by atoms with E-state index in [0.29, 0.717) is 12.1 Å². The highest BCUT2D eigenvalue weighted by molar-refractivity contribution is 5.80. The van der Waals surface area contributed by atoms with Gasteiger partial charge in [0.25, 0.3) is 6.43 Å². The van der Waals surface area contributed by atoms with Crippen LogP contribution in [0.3, 0.4) is 0 Å². The molecule has 0 radical (unpaired) electrons. The van der Waals surface area contributed by atoms with Crippen molar-refractivity contribution in [2.45, 2.75) is 19.8 Å². The molecule has 5 heteroatoms. The SMILES string of the molecule is CC/C=C1\C=C(C(F)F)N(C)C(=O)N1C. The third-order valence-corrected chi connectivity index (χ3v) is 2.28. The van der Waals surface area contributed by atoms with Crippen molar-refractivity contribution in [2.24, 2.45) is 0 Å². The van der Waals surface area contributed by atoms with Gasteiger partial charge in [-0.15, -0.1) is 0 Å². The van der Waals surface area contributed by atoms with Gasteiger partial charge in [0, 0.05) is 19.8 Å². The molecule has 0 aromatic rings. The molecule has 0 unspecified atom stereocenters. The van der Waals surface area contributed by atoms with Crippen molar-refractivity contribution in [3.8, 4) is 0 Å². The predicted molar refractivity (Wildman–Crippen MR) is 53.4 cm³/mol. The predicted octanol–water partition coefficient (Wildman–Crippen LogP) is 2.43. The molecule has 84 valence electrons. The second kappa shape index (κ2) is 4.42. The highest BCUT2D eigenvalue weighted by Crippen LogP contribution is 2.24. The maximum Gasteiger partial charge on any atom is 0.328 e. The number of halogens is 2. The van der Waals surface area contributed by atoms with Gasteiger partial charge in [0.05, 0.1) is 5.70 Å². The Bertz CT molecular complexity index is 323.